The van der Waals surface area contributed by atoms with Crippen LogP contribution in [0.5, 0.6) is 0 Å². The van der Waals surface area contributed by atoms with E-state index in [-0.39, 0.29) is 12.7 Å². The van der Waals surface area contributed by atoms with Crippen LogP contribution in [0.3, 0.4) is 0 Å². The maximum Gasteiger partial charge on any atom is 0.164 e. The molecule has 3 atom stereocenters. The van der Waals surface area contributed by atoms with E-state index in [9.17, 15) is 5.11 Å². The maximum absolute atomic E-state index is 11.9. The van der Waals surface area contributed by atoms with E-state index in [0.717, 1.165) is 20.3 Å². The molecule has 3 aromatic carbocycles. The smallest absolute Gasteiger partial charge is 0.164 e. The van der Waals surface area contributed by atoms with Crippen molar-refractivity contribution in [2.45, 2.75) is 43.0 Å². The molecule has 170 valence electrons. The number of fused-ring (bicyclic) bond motifs is 1. The summed E-state index contributed by atoms with van der Waals surface area (Å²) < 4.78 is 19.8. The van der Waals surface area contributed by atoms with Crippen LogP contribution >= 0.6 is 22.6 Å². The summed E-state index contributed by atoms with van der Waals surface area (Å²) in [6.07, 6.45) is 1.11. The summed E-state index contributed by atoms with van der Waals surface area (Å²) in [6.45, 7) is 3.78. The highest BCUT2D eigenvalue weighted by atomic mass is 127. The minimum atomic E-state index is -1.32. The van der Waals surface area contributed by atoms with Crippen LogP contribution in [0.2, 0.25) is 0 Å². The van der Waals surface area contributed by atoms with Gasteiger partial charge in [-0.25, -0.2) is 0 Å². The minimum absolute atomic E-state index is 0.0427. The zero-order chi connectivity index (χ0) is 23.1. The van der Waals surface area contributed by atoms with Crippen LogP contribution in [0.1, 0.15) is 30.5 Å². The van der Waals surface area contributed by atoms with Crippen LogP contribution < -0.4 is 0 Å². The molecule has 1 aliphatic heterocycles. The van der Waals surface area contributed by atoms with Crippen LogP contribution in [0.25, 0.3) is 0 Å². The molecule has 5 heteroatoms. The SMILES string of the molecule is CC1(C)O[C@H]2C=C(I)[C@@](O)(COC(c3ccccc3)(c3ccccc3)c3ccccc3)[C@H]2O1. The summed E-state index contributed by atoms with van der Waals surface area (Å²) in [5.41, 5.74) is 0.738. The Balaban J connectivity index is 1.61. The summed E-state index contributed by atoms with van der Waals surface area (Å²) in [5.74, 6) is -0.757. The fraction of sp³-hybridized carbons (Fsp3) is 0.286. The molecule has 0 saturated carbocycles. The van der Waals surface area contributed by atoms with Crippen LogP contribution in [0, 0.1) is 0 Å². The highest BCUT2D eigenvalue weighted by Gasteiger charge is 2.58. The van der Waals surface area contributed by atoms with E-state index >= 15 is 0 Å². The predicted molar refractivity (Wildman–Crippen MR) is 136 cm³/mol. The number of hydrogen-bond donors (Lipinski definition) is 1. The second kappa shape index (κ2) is 8.64. The predicted octanol–water partition coefficient (Wildman–Crippen LogP) is 5.58. The number of hydrogen-bond acceptors (Lipinski definition) is 4. The first-order chi connectivity index (χ1) is 15.9. The van der Waals surface area contributed by atoms with Crippen molar-refractivity contribution in [3.63, 3.8) is 0 Å². The Morgan fingerprint density at radius 3 is 1.73 bits per heavy atom. The molecule has 0 unspecified atom stereocenters. The Kier molecular flexibility index (Phi) is 5.95. The highest BCUT2D eigenvalue weighted by Crippen LogP contribution is 2.48. The van der Waals surface area contributed by atoms with Gasteiger partial charge in [-0.1, -0.05) is 91.0 Å². The van der Waals surface area contributed by atoms with Crippen LogP contribution in [0.15, 0.2) is 101 Å². The molecule has 4 nitrogen and oxygen atoms in total. The largest absolute Gasteiger partial charge is 0.379 e. The normalized spacial score (nSPS) is 26.1. The molecule has 5 rings (SSSR count). The molecule has 2 aliphatic rings. The number of rotatable bonds is 6. The zero-order valence-corrected chi connectivity index (χ0v) is 20.8. The Hall–Kier alpha value is -2.03. The van der Waals surface area contributed by atoms with Crippen molar-refractivity contribution in [3.05, 3.63) is 117 Å². The van der Waals surface area contributed by atoms with Crippen LogP contribution in [0.4, 0.5) is 0 Å². The standard InChI is InChI=1S/C28H27IO4/c1-26(2)32-23-18-24(29)27(30,25(23)33-26)19-31-28(20-12-6-3-7-13-20,21-14-8-4-9-15-21)22-16-10-5-11-17-22/h3-18,23,25,30H,19H2,1-2H3/t23-,25-,27-/m0/s1. The van der Waals surface area contributed by atoms with Crippen molar-refractivity contribution in [1.82, 2.24) is 0 Å². The third-order valence-electron chi connectivity index (χ3n) is 6.37. The van der Waals surface area contributed by atoms with E-state index in [1.807, 2.05) is 74.5 Å². The summed E-state index contributed by atoms with van der Waals surface area (Å²) in [7, 11) is 0. The first-order valence-electron chi connectivity index (χ1n) is 11.1. The molecular weight excluding hydrogens is 527 g/mol. The second-order valence-electron chi connectivity index (χ2n) is 9.03. The van der Waals surface area contributed by atoms with Crippen LogP contribution in [-0.4, -0.2) is 35.3 Å². The van der Waals surface area contributed by atoms with Gasteiger partial charge < -0.3 is 19.3 Å². The first kappa shape index (κ1) is 22.7. The van der Waals surface area contributed by atoms with Crippen molar-refractivity contribution in [2.75, 3.05) is 6.61 Å². The lowest BCUT2D eigenvalue weighted by atomic mass is 9.80. The number of halogens is 1. The third-order valence-corrected chi connectivity index (χ3v) is 7.67. The Bertz CT molecular complexity index is 1030. The first-order valence-corrected chi connectivity index (χ1v) is 12.2. The van der Waals surface area contributed by atoms with Gasteiger partial charge in [0.1, 0.15) is 23.4 Å². The molecule has 1 saturated heterocycles. The summed E-state index contributed by atoms with van der Waals surface area (Å²) >= 11 is 2.18. The number of ether oxygens (including phenoxy) is 3. The van der Waals surface area contributed by atoms with Gasteiger partial charge >= 0.3 is 0 Å². The molecule has 0 spiro atoms. The second-order valence-corrected chi connectivity index (χ2v) is 10.2. The van der Waals surface area contributed by atoms with Crippen molar-refractivity contribution in [3.8, 4) is 0 Å². The molecule has 0 amide bonds. The van der Waals surface area contributed by atoms with Gasteiger partial charge in [0.15, 0.2) is 5.79 Å². The third kappa shape index (κ3) is 3.96. The summed E-state index contributed by atoms with van der Waals surface area (Å²) in [6, 6.07) is 30.5. The van der Waals surface area contributed by atoms with E-state index in [1.165, 1.54) is 0 Å². The lowest BCUT2D eigenvalue weighted by molar-refractivity contribution is -0.178. The Morgan fingerprint density at radius 1 is 0.818 bits per heavy atom. The van der Waals surface area contributed by atoms with Crippen molar-refractivity contribution >= 4 is 22.6 Å². The van der Waals surface area contributed by atoms with E-state index in [1.54, 1.807) is 0 Å². The quantitative estimate of drug-likeness (QED) is 0.320. The minimum Gasteiger partial charge on any atom is -0.379 e. The monoisotopic (exact) mass is 554 g/mol. The molecule has 1 heterocycles. The molecule has 0 radical (unpaired) electrons. The molecule has 0 aromatic heterocycles. The fourth-order valence-corrected chi connectivity index (χ4v) is 5.66. The lowest BCUT2D eigenvalue weighted by Gasteiger charge is -2.39. The molecular formula is C28H27IO4. The van der Waals surface area contributed by atoms with Gasteiger partial charge in [0.2, 0.25) is 0 Å². The topological polar surface area (TPSA) is 47.9 Å². The zero-order valence-electron chi connectivity index (χ0n) is 18.6. The van der Waals surface area contributed by atoms with Crippen molar-refractivity contribution < 1.29 is 19.3 Å². The number of benzene rings is 3. The van der Waals surface area contributed by atoms with Gasteiger partial charge in [0.05, 0.1) is 6.61 Å². The lowest BCUT2D eigenvalue weighted by Crippen LogP contribution is -2.50. The molecule has 1 aliphatic carbocycles. The van der Waals surface area contributed by atoms with E-state index in [2.05, 4.69) is 59.0 Å². The summed E-state index contributed by atoms with van der Waals surface area (Å²) in [5, 5.41) is 11.9. The van der Waals surface area contributed by atoms with E-state index in [4.69, 9.17) is 14.2 Å². The molecule has 3 aromatic rings. The van der Waals surface area contributed by atoms with Gasteiger partial charge in [-0.05, 0) is 59.2 Å². The van der Waals surface area contributed by atoms with Gasteiger partial charge in [-0.2, -0.15) is 0 Å². The highest BCUT2D eigenvalue weighted by molar-refractivity contribution is 14.1. The Morgan fingerprint density at radius 2 is 1.27 bits per heavy atom. The number of aliphatic hydroxyl groups is 1. The average Bonchev–Trinajstić information content (AvgIpc) is 3.26. The van der Waals surface area contributed by atoms with Crippen LogP contribution in [-0.2, 0) is 19.8 Å². The Labute approximate surface area is 208 Å². The molecule has 0 bridgehead atoms. The molecule has 33 heavy (non-hydrogen) atoms. The maximum atomic E-state index is 11.9. The van der Waals surface area contributed by atoms with E-state index < -0.39 is 23.1 Å². The molecule has 1 fully saturated rings. The average molecular weight is 554 g/mol. The van der Waals surface area contributed by atoms with Gasteiger partial charge in [0.25, 0.3) is 0 Å². The van der Waals surface area contributed by atoms with Crippen molar-refractivity contribution in [2.24, 2.45) is 0 Å². The van der Waals surface area contributed by atoms with Crippen molar-refractivity contribution in [1.29, 1.82) is 0 Å². The van der Waals surface area contributed by atoms with E-state index in [0.29, 0.717) is 0 Å². The van der Waals surface area contributed by atoms with Gasteiger partial charge in [-0.15, -0.1) is 0 Å². The van der Waals surface area contributed by atoms with Gasteiger partial charge in [0, 0.05) is 3.58 Å². The van der Waals surface area contributed by atoms with Gasteiger partial charge in [-0.3, -0.25) is 0 Å². The molecule has 1 N–H and O–H groups in total. The fourth-order valence-electron chi connectivity index (χ4n) is 4.84. The summed E-state index contributed by atoms with van der Waals surface area (Å²) in [4.78, 5) is 0.